The van der Waals surface area contributed by atoms with Crippen molar-refractivity contribution in [1.82, 2.24) is 14.2 Å². The summed E-state index contributed by atoms with van der Waals surface area (Å²) in [6.45, 7) is 3.24. The number of amides is 1. The number of hydrogen-bond acceptors (Lipinski definition) is 7. The number of anilines is 1. The van der Waals surface area contributed by atoms with Gasteiger partial charge >= 0.3 is 5.97 Å². The molecule has 1 atom stereocenters. The summed E-state index contributed by atoms with van der Waals surface area (Å²) in [4.78, 5) is 33.9. The molecule has 2 aliphatic rings. The molecule has 4 rings (SSSR count). The summed E-state index contributed by atoms with van der Waals surface area (Å²) in [5.74, 6) is -0.834. The van der Waals surface area contributed by atoms with Crippen molar-refractivity contribution >= 4 is 55.1 Å². The lowest BCUT2D eigenvalue weighted by molar-refractivity contribution is -0.158. The Labute approximate surface area is 224 Å². The molecule has 0 unspecified atom stereocenters. The van der Waals surface area contributed by atoms with E-state index in [-0.39, 0.29) is 30.5 Å². The van der Waals surface area contributed by atoms with Crippen LogP contribution in [-0.4, -0.2) is 79.9 Å². The molecule has 9 nitrogen and oxygen atoms in total. The number of piperazine rings is 1. The maximum absolute atomic E-state index is 13.2. The topological polar surface area (TPSA) is 100 Å². The molecule has 2 saturated heterocycles. The van der Waals surface area contributed by atoms with Crippen LogP contribution < -0.4 is 4.90 Å². The van der Waals surface area contributed by atoms with Crippen molar-refractivity contribution in [1.29, 1.82) is 0 Å². The number of hydrogen-bond donors (Lipinski definition) is 0. The predicted octanol–water partition coefficient (Wildman–Crippen LogP) is 3.18. The molecule has 194 valence electrons. The third kappa shape index (κ3) is 5.85. The van der Waals surface area contributed by atoms with E-state index in [1.165, 1.54) is 17.0 Å². The van der Waals surface area contributed by atoms with Crippen LogP contribution >= 0.6 is 27.5 Å². The fourth-order valence-electron chi connectivity index (χ4n) is 4.64. The molecular formula is C24H28BrClN4O5S. The minimum Gasteiger partial charge on any atom is -0.464 e. The highest BCUT2D eigenvalue weighted by Crippen LogP contribution is 2.30. The van der Waals surface area contributed by atoms with Gasteiger partial charge in [-0.15, -0.1) is 0 Å². The zero-order chi connectivity index (χ0) is 25.9. The van der Waals surface area contributed by atoms with Crippen LogP contribution in [0, 0.1) is 5.92 Å². The minimum atomic E-state index is -3.96. The number of halogens is 2. The lowest BCUT2D eigenvalue weighted by Crippen LogP contribution is -2.61. The second kappa shape index (κ2) is 11.5. The maximum atomic E-state index is 13.2. The summed E-state index contributed by atoms with van der Waals surface area (Å²) >= 11 is 9.59. The molecule has 0 saturated carbocycles. The second-order valence-electron chi connectivity index (χ2n) is 8.82. The van der Waals surface area contributed by atoms with E-state index in [0.717, 1.165) is 40.4 Å². The number of benzene rings is 1. The number of carbonyl (C=O) groups excluding carboxylic acids is 2. The largest absolute Gasteiger partial charge is 0.464 e. The molecule has 1 amide bonds. The van der Waals surface area contributed by atoms with E-state index in [2.05, 4.69) is 25.8 Å². The fourth-order valence-corrected chi connectivity index (χ4v) is 6.54. The van der Waals surface area contributed by atoms with Crippen LogP contribution in [0.3, 0.4) is 0 Å². The van der Waals surface area contributed by atoms with Crippen LogP contribution in [0.5, 0.6) is 0 Å². The van der Waals surface area contributed by atoms with Gasteiger partial charge in [-0.25, -0.2) is 13.2 Å². The van der Waals surface area contributed by atoms with E-state index < -0.39 is 27.9 Å². The van der Waals surface area contributed by atoms with Gasteiger partial charge in [0, 0.05) is 43.0 Å². The summed E-state index contributed by atoms with van der Waals surface area (Å²) in [6.07, 6.45) is 4.93. The van der Waals surface area contributed by atoms with E-state index in [1.807, 2.05) is 6.07 Å². The average molecular weight is 600 g/mol. The molecule has 0 N–H and O–H groups in total. The first-order valence-electron chi connectivity index (χ1n) is 11.8. The number of esters is 1. The molecule has 1 aromatic heterocycles. The highest BCUT2D eigenvalue weighted by molar-refractivity contribution is 9.10. The Morgan fingerprint density at radius 1 is 1.19 bits per heavy atom. The first-order chi connectivity index (χ1) is 17.2. The van der Waals surface area contributed by atoms with Gasteiger partial charge in [-0.05, 0) is 56.0 Å². The molecule has 0 spiro atoms. The van der Waals surface area contributed by atoms with E-state index >= 15 is 0 Å². The first-order valence-corrected chi connectivity index (χ1v) is 14.4. The van der Waals surface area contributed by atoms with E-state index in [1.54, 1.807) is 31.5 Å². The van der Waals surface area contributed by atoms with Crippen molar-refractivity contribution in [3.05, 3.63) is 52.2 Å². The monoisotopic (exact) mass is 598 g/mol. The summed E-state index contributed by atoms with van der Waals surface area (Å²) < 4.78 is 33.5. The smallest absolute Gasteiger partial charge is 0.330 e. The van der Waals surface area contributed by atoms with Crippen molar-refractivity contribution in [3.8, 4) is 0 Å². The SMILES string of the molecule is CCOC(=O)[C@H]1CN(S(=O)(=O)c2ccc(Br)cc2)CC(=O)N1CC1CCN(c2ccncc2Cl)CC1. The molecule has 0 aliphatic carbocycles. The van der Waals surface area contributed by atoms with E-state index in [0.29, 0.717) is 11.6 Å². The Hall–Kier alpha value is -2.21. The highest BCUT2D eigenvalue weighted by atomic mass is 79.9. The van der Waals surface area contributed by atoms with Crippen molar-refractivity contribution < 1.29 is 22.7 Å². The Balaban J connectivity index is 1.47. The lowest BCUT2D eigenvalue weighted by atomic mass is 9.94. The van der Waals surface area contributed by atoms with Gasteiger partial charge in [-0.1, -0.05) is 27.5 Å². The molecule has 12 heteroatoms. The number of pyridine rings is 1. The van der Waals surface area contributed by atoms with Gasteiger partial charge in [0.1, 0.15) is 6.04 Å². The van der Waals surface area contributed by atoms with Crippen molar-refractivity contribution in [3.63, 3.8) is 0 Å². The molecular weight excluding hydrogens is 572 g/mol. The van der Waals surface area contributed by atoms with Crippen LogP contribution in [0.25, 0.3) is 0 Å². The summed E-state index contributed by atoms with van der Waals surface area (Å²) in [6, 6.07) is 7.08. The fraction of sp³-hybridized carbons (Fsp3) is 0.458. The number of sulfonamides is 1. The van der Waals surface area contributed by atoms with Crippen molar-refractivity contribution in [2.75, 3.05) is 44.2 Å². The standard InChI is InChI=1S/C24H28BrClN4O5S/c1-2-35-24(32)22-15-29(36(33,34)19-5-3-18(25)4-6-19)16-23(31)30(22)14-17-8-11-28(12-9-17)21-7-10-27-13-20(21)26/h3-7,10,13,17,22H,2,8-9,11-12,14-16H2,1H3/t22-/m1/s1. The Kier molecular flexibility index (Phi) is 8.54. The molecule has 0 bridgehead atoms. The third-order valence-electron chi connectivity index (χ3n) is 6.56. The second-order valence-corrected chi connectivity index (χ2v) is 12.1. The summed E-state index contributed by atoms with van der Waals surface area (Å²) in [5.41, 5.74) is 0.928. The first kappa shape index (κ1) is 26.8. The Morgan fingerprint density at radius 3 is 2.53 bits per heavy atom. The third-order valence-corrected chi connectivity index (χ3v) is 9.20. The Bertz CT molecular complexity index is 1210. The van der Waals surface area contributed by atoms with Gasteiger partial charge in [0.05, 0.1) is 28.8 Å². The predicted molar refractivity (Wildman–Crippen MR) is 139 cm³/mol. The number of nitrogens with zero attached hydrogens (tertiary/aromatic N) is 4. The molecule has 2 fully saturated rings. The Morgan fingerprint density at radius 2 is 1.89 bits per heavy atom. The number of carbonyl (C=O) groups is 2. The van der Waals surface area contributed by atoms with Crippen LogP contribution in [-0.2, 0) is 24.3 Å². The normalized spacial score (nSPS) is 20.0. The maximum Gasteiger partial charge on any atom is 0.330 e. The van der Waals surface area contributed by atoms with Crippen LogP contribution in [0.15, 0.2) is 52.1 Å². The zero-order valence-corrected chi connectivity index (χ0v) is 23.0. The van der Waals surface area contributed by atoms with Gasteiger partial charge in [-0.2, -0.15) is 4.31 Å². The van der Waals surface area contributed by atoms with Crippen LogP contribution in [0.1, 0.15) is 19.8 Å². The number of aromatic nitrogens is 1. The lowest BCUT2D eigenvalue weighted by Gasteiger charge is -2.42. The molecule has 3 heterocycles. The summed E-state index contributed by atoms with van der Waals surface area (Å²) in [7, 11) is -3.96. The van der Waals surface area contributed by atoms with Gasteiger partial charge in [0.15, 0.2) is 0 Å². The van der Waals surface area contributed by atoms with E-state index in [9.17, 15) is 18.0 Å². The number of ether oxygens (including phenoxy) is 1. The van der Waals surface area contributed by atoms with Gasteiger partial charge in [-0.3, -0.25) is 9.78 Å². The van der Waals surface area contributed by atoms with Crippen molar-refractivity contribution in [2.24, 2.45) is 5.92 Å². The zero-order valence-electron chi connectivity index (χ0n) is 19.8. The number of rotatable bonds is 7. The molecule has 1 aromatic carbocycles. The van der Waals surface area contributed by atoms with E-state index in [4.69, 9.17) is 16.3 Å². The molecule has 0 radical (unpaired) electrons. The van der Waals surface area contributed by atoms with Gasteiger partial charge in [0.25, 0.3) is 0 Å². The minimum absolute atomic E-state index is 0.0664. The molecule has 36 heavy (non-hydrogen) atoms. The quantitative estimate of drug-likeness (QED) is 0.451. The molecule has 2 aliphatic heterocycles. The summed E-state index contributed by atoms with van der Waals surface area (Å²) in [5, 5.41) is 0.594. The average Bonchev–Trinajstić information content (AvgIpc) is 2.86. The van der Waals surface area contributed by atoms with Crippen LogP contribution in [0.4, 0.5) is 5.69 Å². The van der Waals surface area contributed by atoms with Crippen molar-refractivity contribution in [2.45, 2.75) is 30.7 Å². The molecule has 2 aromatic rings. The number of piperidine rings is 1. The van der Waals surface area contributed by atoms with Gasteiger partial charge in [0.2, 0.25) is 15.9 Å². The van der Waals surface area contributed by atoms with Crippen LogP contribution in [0.2, 0.25) is 5.02 Å². The van der Waals surface area contributed by atoms with Gasteiger partial charge < -0.3 is 14.5 Å². The highest BCUT2D eigenvalue weighted by Gasteiger charge is 2.43.